The van der Waals surface area contributed by atoms with Gasteiger partial charge >= 0.3 is 6.61 Å². The van der Waals surface area contributed by atoms with Crippen molar-refractivity contribution in [1.82, 2.24) is 10.6 Å². The molecule has 0 spiro atoms. The quantitative estimate of drug-likeness (QED) is 0.223. The van der Waals surface area contributed by atoms with Gasteiger partial charge in [-0.05, 0) is 44.4 Å². The summed E-state index contributed by atoms with van der Waals surface area (Å²) in [7, 11) is 0. The highest BCUT2D eigenvalue weighted by Gasteiger charge is 2.04. The molecule has 0 bridgehead atoms. The molecule has 25 heavy (non-hydrogen) atoms. The van der Waals surface area contributed by atoms with E-state index in [0.29, 0.717) is 12.5 Å². The largest absolute Gasteiger partial charge is 0.435 e. The molecule has 1 aromatic rings. The Morgan fingerprint density at radius 1 is 1.20 bits per heavy atom. The van der Waals surface area contributed by atoms with Crippen molar-refractivity contribution < 1.29 is 18.3 Å². The van der Waals surface area contributed by atoms with Gasteiger partial charge in [0.05, 0.1) is 6.54 Å². The number of aliphatic imine (C=N–C) groups is 1. The number of nitrogens with one attached hydrogen (secondary N) is 2. The number of unbranched alkanes of at least 4 members (excludes halogenated alkanes) is 1. The van der Waals surface area contributed by atoms with Gasteiger partial charge in [-0.25, -0.2) is 4.99 Å². The van der Waals surface area contributed by atoms with E-state index in [9.17, 15) is 8.78 Å². The van der Waals surface area contributed by atoms with E-state index in [4.69, 9.17) is 4.74 Å². The van der Waals surface area contributed by atoms with Crippen molar-refractivity contribution in [3.63, 3.8) is 0 Å². The van der Waals surface area contributed by atoms with Crippen LogP contribution in [0.4, 0.5) is 8.78 Å². The van der Waals surface area contributed by atoms with Crippen LogP contribution in [0.15, 0.2) is 29.3 Å². The van der Waals surface area contributed by atoms with Gasteiger partial charge in [0, 0.05) is 26.3 Å². The van der Waals surface area contributed by atoms with Crippen molar-refractivity contribution >= 4 is 29.9 Å². The maximum atomic E-state index is 12.2. The minimum atomic E-state index is -2.82. The standard InChI is InChI=1S/C17H27F2N3O2.HI/c1-3-20-17(21-10-5-6-11-23-4-2)22-13-14-8-7-9-15(12-14)24-16(18)19;/h7-9,12,16H,3-6,10-11,13H2,1-2H3,(H2,20,21,22);1H. The minimum Gasteiger partial charge on any atom is -0.435 e. The average Bonchev–Trinajstić information content (AvgIpc) is 2.55. The molecule has 0 fully saturated rings. The Bertz CT molecular complexity index is 491. The third kappa shape index (κ3) is 11.9. The summed E-state index contributed by atoms with van der Waals surface area (Å²) in [6, 6.07) is 6.58. The van der Waals surface area contributed by atoms with E-state index in [2.05, 4.69) is 20.4 Å². The molecular formula is C17H28F2IN3O2. The summed E-state index contributed by atoms with van der Waals surface area (Å²) in [5.41, 5.74) is 0.807. The fourth-order valence-corrected chi connectivity index (χ4v) is 2.01. The molecule has 5 nitrogen and oxygen atoms in total. The van der Waals surface area contributed by atoms with Crippen molar-refractivity contribution in [1.29, 1.82) is 0 Å². The van der Waals surface area contributed by atoms with Crippen LogP contribution in [0.3, 0.4) is 0 Å². The van der Waals surface area contributed by atoms with Crippen LogP contribution >= 0.6 is 24.0 Å². The van der Waals surface area contributed by atoms with Crippen LogP contribution in [-0.4, -0.2) is 38.9 Å². The van der Waals surface area contributed by atoms with Crippen LogP contribution in [0.1, 0.15) is 32.3 Å². The normalized spacial score (nSPS) is 11.2. The van der Waals surface area contributed by atoms with Crippen LogP contribution < -0.4 is 15.4 Å². The summed E-state index contributed by atoms with van der Waals surface area (Å²) in [6.07, 6.45) is 1.98. The summed E-state index contributed by atoms with van der Waals surface area (Å²) < 4.78 is 34.2. The molecule has 0 heterocycles. The zero-order chi connectivity index (χ0) is 17.6. The molecule has 0 aliphatic carbocycles. The zero-order valence-electron chi connectivity index (χ0n) is 14.8. The molecule has 0 aromatic heterocycles. The molecular weight excluding hydrogens is 443 g/mol. The number of guanidine groups is 1. The second-order valence-corrected chi connectivity index (χ2v) is 5.05. The minimum absolute atomic E-state index is 0. The SMILES string of the molecule is CCNC(=NCc1cccc(OC(F)F)c1)NCCCCOCC.I. The Morgan fingerprint density at radius 3 is 2.68 bits per heavy atom. The Balaban J connectivity index is 0.00000576. The van der Waals surface area contributed by atoms with Gasteiger partial charge in [-0.15, -0.1) is 24.0 Å². The van der Waals surface area contributed by atoms with Crippen molar-refractivity contribution in [3.05, 3.63) is 29.8 Å². The van der Waals surface area contributed by atoms with E-state index in [1.165, 1.54) is 6.07 Å². The molecule has 8 heteroatoms. The molecule has 1 rings (SSSR count). The van der Waals surface area contributed by atoms with Crippen molar-refractivity contribution in [3.8, 4) is 5.75 Å². The lowest BCUT2D eigenvalue weighted by Crippen LogP contribution is -2.37. The van der Waals surface area contributed by atoms with Gasteiger partial charge in [0.25, 0.3) is 0 Å². The van der Waals surface area contributed by atoms with Gasteiger partial charge in [-0.1, -0.05) is 12.1 Å². The number of alkyl halides is 2. The molecule has 0 aliphatic rings. The van der Waals surface area contributed by atoms with Crippen molar-refractivity contribution in [2.75, 3.05) is 26.3 Å². The third-order valence-corrected chi connectivity index (χ3v) is 3.10. The zero-order valence-corrected chi connectivity index (χ0v) is 17.1. The van der Waals surface area contributed by atoms with Crippen molar-refractivity contribution in [2.45, 2.75) is 39.8 Å². The van der Waals surface area contributed by atoms with E-state index in [0.717, 1.165) is 44.7 Å². The summed E-state index contributed by atoms with van der Waals surface area (Å²) in [5, 5.41) is 6.40. The molecule has 1 aromatic carbocycles. The molecule has 0 amide bonds. The van der Waals surface area contributed by atoms with Gasteiger partial charge in [-0.2, -0.15) is 8.78 Å². The van der Waals surface area contributed by atoms with E-state index in [1.54, 1.807) is 12.1 Å². The molecule has 2 N–H and O–H groups in total. The summed E-state index contributed by atoms with van der Waals surface area (Å²) in [5.74, 6) is 0.848. The molecule has 0 unspecified atom stereocenters. The highest BCUT2D eigenvalue weighted by molar-refractivity contribution is 14.0. The summed E-state index contributed by atoms with van der Waals surface area (Å²) in [4.78, 5) is 4.46. The Kier molecular flexibility index (Phi) is 14.4. The molecule has 144 valence electrons. The first kappa shape index (κ1) is 23.8. The molecule has 0 atom stereocenters. The molecule has 0 saturated carbocycles. The maximum absolute atomic E-state index is 12.2. The molecule has 0 radical (unpaired) electrons. The Labute approximate surface area is 165 Å². The number of rotatable bonds is 11. The lowest BCUT2D eigenvalue weighted by atomic mass is 10.2. The van der Waals surface area contributed by atoms with Crippen LogP contribution in [-0.2, 0) is 11.3 Å². The summed E-state index contributed by atoms with van der Waals surface area (Å²) in [6.45, 7) is 4.59. The van der Waals surface area contributed by atoms with Crippen LogP contribution in [0.5, 0.6) is 5.75 Å². The fourth-order valence-electron chi connectivity index (χ4n) is 2.01. The van der Waals surface area contributed by atoms with Gasteiger partial charge in [0.15, 0.2) is 5.96 Å². The van der Waals surface area contributed by atoms with Crippen LogP contribution in [0.2, 0.25) is 0 Å². The van der Waals surface area contributed by atoms with Crippen LogP contribution in [0, 0.1) is 0 Å². The Hall–Kier alpha value is -1.16. The first-order chi connectivity index (χ1) is 11.7. The van der Waals surface area contributed by atoms with Gasteiger partial charge in [0.1, 0.15) is 5.75 Å². The second kappa shape index (κ2) is 15.1. The van der Waals surface area contributed by atoms with Gasteiger partial charge in [0.2, 0.25) is 0 Å². The first-order valence-corrected chi connectivity index (χ1v) is 8.29. The van der Waals surface area contributed by atoms with Crippen molar-refractivity contribution in [2.24, 2.45) is 4.99 Å². The predicted octanol–water partition coefficient (Wildman–Crippen LogP) is 3.78. The topological polar surface area (TPSA) is 54.9 Å². The highest BCUT2D eigenvalue weighted by Crippen LogP contribution is 2.16. The fraction of sp³-hybridized carbons (Fsp3) is 0.588. The number of ether oxygens (including phenoxy) is 2. The second-order valence-electron chi connectivity index (χ2n) is 5.05. The smallest absolute Gasteiger partial charge is 0.387 e. The summed E-state index contributed by atoms with van der Waals surface area (Å²) >= 11 is 0. The number of benzene rings is 1. The maximum Gasteiger partial charge on any atom is 0.387 e. The molecule has 0 saturated heterocycles. The van der Waals surface area contributed by atoms with E-state index >= 15 is 0 Å². The molecule has 0 aliphatic heterocycles. The Morgan fingerprint density at radius 2 is 2.00 bits per heavy atom. The number of nitrogens with zero attached hydrogens (tertiary/aromatic N) is 1. The van der Waals surface area contributed by atoms with E-state index < -0.39 is 6.61 Å². The van der Waals surface area contributed by atoms with E-state index in [1.807, 2.05) is 19.9 Å². The lowest BCUT2D eigenvalue weighted by molar-refractivity contribution is -0.0498. The number of hydrogen-bond donors (Lipinski definition) is 2. The monoisotopic (exact) mass is 471 g/mol. The average molecular weight is 471 g/mol. The number of hydrogen-bond acceptors (Lipinski definition) is 3. The predicted molar refractivity (Wildman–Crippen MR) is 107 cm³/mol. The van der Waals surface area contributed by atoms with Gasteiger partial charge < -0.3 is 20.1 Å². The van der Waals surface area contributed by atoms with E-state index in [-0.39, 0.29) is 29.7 Å². The van der Waals surface area contributed by atoms with Crippen LogP contribution in [0.25, 0.3) is 0 Å². The van der Waals surface area contributed by atoms with Gasteiger partial charge in [-0.3, -0.25) is 0 Å². The third-order valence-electron chi connectivity index (χ3n) is 3.10. The first-order valence-electron chi connectivity index (χ1n) is 8.29. The number of halogens is 3. The lowest BCUT2D eigenvalue weighted by Gasteiger charge is -2.11. The highest BCUT2D eigenvalue weighted by atomic mass is 127.